The molecule has 0 aliphatic rings. The second kappa shape index (κ2) is 7.11. The van der Waals surface area contributed by atoms with Gasteiger partial charge in [-0.25, -0.2) is 9.59 Å². The molecule has 0 aromatic carbocycles. The number of methoxy groups -OCH3 is 1. The molecule has 0 aliphatic heterocycles. The molecule has 0 saturated heterocycles. The van der Waals surface area contributed by atoms with Crippen molar-refractivity contribution in [2.24, 2.45) is 0 Å². The van der Waals surface area contributed by atoms with Crippen LogP contribution in [0.3, 0.4) is 0 Å². The van der Waals surface area contributed by atoms with E-state index in [1.807, 2.05) is 0 Å². The highest BCUT2D eigenvalue weighted by Crippen LogP contribution is 2.07. The summed E-state index contributed by atoms with van der Waals surface area (Å²) in [5.74, 6) is -0.526. The SMILES string of the molecule is COC(=O)c1ccc(=O)n(C[C@H](C)NC(=O)OC(C)(C)C)c1. The Hall–Kier alpha value is -2.31. The molecule has 1 atom stereocenters. The minimum absolute atomic E-state index is 0.211. The van der Waals surface area contributed by atoms with Crippen molar-refractivity contribution in [3.8, 4) is 0 Å². The number of aromatic nitrogens is 1. The lowest BCUT2D eigenvalue weighted by atomic mass is 10.2. The van der Waals surface area contributed by atoms with Gasteiger partial charge in [0.25, 0.3) is 5.56 Å². The summed E-state index contributed by atoms with van der Waals surface area (Å²) in [6.45, 7) is 7.24. The van der Waals surface area contributed by atoms with Gasteiger partial charge >= 0.3 is 12.1 Å². The lowest BCUT2D eigenvalue weighted by Gasteiger charge is -2.22. The molecular formula is C15H22N2O5. The zero-order valence-corrected chi connectivity index (χ0v) is 13.5. The normalized spacial score (nSPS) is 12.4. The van der Waals surface area contributed by atoms with Crippen LogP contribution in [0, 0.1) is 0 Å². The van der Waals surface area contributed by atoms with Gasteiger partial charge in [0, 0.05) is 24.8 Å². The van der Waals surface area contributed by atoms with Crippen molar-refractivity contribution in [1.82, 2.24) is 9.88 Å². The lowest BCUT2D eigenvalue weighted by molar-refractivity contribution is 0.0502. The third kappa shape index (κ3) is 5.59. The zero-order valence-electron chi connectivity index (χ0n) is 13.5. The molecule has 122 valence electrons. The maximum Gasteiger partial charge on any atom is 0.407 e. The molecule has 1 heterocycles. The van der Waals surface area contributed by atoms with Gasteiger partial charge in [-0.15, -0.1) is 0 Å². The summed E-state index contributed by atoms with van der Waals surface area (Å²) in [6, 6.07) is 2.34. The number of amides is 1. The predicted molar refractivity (Wildman–Crippen MR) is 80.9 cm³/mol. The van der Waals surface area contributed by atoms with Gasteiger partial charge in [0.15, 0.2) is 0 Å². The summed E-state index contributed by atoms with van der Waals surface area (Å²) < 4.78 is 11.1. The first-order chi connectivity index (χ1) is 10.1. The van der Waals surface area contributed by atoms with Crippen molar-refractivity contribution in [3.63, 3.8) is 0 Å². The highest BCUT2D eigenvalue weighted by atomic mass is 16.6. The number of carbonyl (C=O) groups is 2. The van der Waals surface area contributed by atoms with Crippen LogP contribution in [0.2, 0.25) is 0 Å². The number of carbonyl (C=O) groups excluding carboxylic acids is 2. The molecular weight excluding hydrogens is 288 g/mol. The van der Waals surface area contributed by atoms with E-state index in [4.69, 9.17) is 4.74 Å². The van der Waals surface area contributed by atoms with E-state index in [0.717, 1.165) is 0 Å². The summed E-state index contributed by atoms with van der Waals surface area (Å²) in [4.78, 5) is 34.9. The minimum atomic E-state index is -0.592. The summed E-state index contributed by atoms with van der Waals surface area (Å²) in [7, 11) is 1.27. The Morgan fingerprint density at radius 3 is 2.50 bits per heavy atom. The summed E-state index contributed by atoms with van der Waals surface area (Å²) in [5, 5.41) is 2.64. The van der Waals surface area contributed by atoms with Crippen LogP contribution >= 0.6 is 0 Å². The van der Waals surface area contributed by atoms with Crippen molar-refractivity contribution >= 4 is 12.1 Å². The molecule has 22 heavy (non-hydrogen) atoms. The smallest absolute Gasteiger partial charge is 0.407 e. The Labute approximate surface area is 129 Å². The van der Waals surface area contributed by atoms with E-state index in [1.165, 1.54) is 30.0 Å². The van der Waals surface area contributed by atoms with Gasteiger partial charge in [-0.3, -0.25) is 4.79 Å². The average molecular weight is 310 g/mol. The van der Waals surface area contributed by atoms with Crippen molar-refractivity contribution < 1.29 is 19.1 Å². The molecule has 0 fully saturated rings. The van der Waals surface area contributed by atoms with E-state index in [9.17, 15) is 14.4 Å². The number of hydrogen-bond acceptors (Lipinski definition) is 5. The van der Waals surface area contributed by atoms with Gasteiger partial charge in [0.05, 0.1) is 12.7 Å². The number of rotatable bonds is 4. The van der Waals surface area contributed by atoms with Crippen molar-refractivity contribution in [2.45, 2.75) is 45.9 Å². The Morgan fingerprint density at radius 2 is 1.95 bits per heavy atom. The van der Waals surface area contributed by atoms with E-state index in [0.29, 0.717) is 0 Å². The molecule has 1 rings (SSSR count). The summed E-state index contributed by atoms with van der Waals surface area (Å²) in [6.07, 6.45) is 0.846. The fourth-order valence-electron chi connectivity index (χ4n) is 1.76. The molecule has 0 radical (unpaired) electrons. The largest absolute Gasteiger partial charge is 0.465 e. The predicted octanol–water partition coefficient (Wildman–Crippen LogP) is 1.55. The molecule has 0 bridgehead atoms. The molecule has 1 aromatic heterocycles. The lowest BCUT2D eigenvalue weighted by Crippen LogP contribution is -2.41. The van der Waals surface area contributed by atoms with Gasteiger partial charge in [0.2, 0.25) is 0 Å². The minimum Gasteiger partial charge on any atom is -0.465 e. The van der Waals surface area contributed by atoms with Gasteiger partial charge in [0.1, 0.15) is 5.60 Å². The van der Waals surface area contributed by atoms with Gasteiger partial charge in [-0.05, 0) is 33.8 Å². The molecule has 0 spiro atoms. The number of pyridine rings is 1. The maximum absolute atomic E-state index is 11.8. The first-order valence-corrected chi connectivity index (χ1v) is 6.90. The molecule has 0 unspecified atom stereocenters. The Morgan fingerprint density at radius 1 is 1.32 bits per heavy atom. The maximum atomic E-state index is 11.8. The molecule has 0 saturated carbocycles. The fraction of sp³-hybridized carbons (Fsp3) is 0.533. The van der Waals surface area contributed by atoms with Crippen molar-refractivity contribution in [1.29, 1.82) is 0 Å². The summed E-state index contributed by atoms with van der Waals surface area (Å²) in [5.41, 5.74) is -0.595. The standard InChI is InChI=1S/C15H22N2O5/c1-10(16-14(20)22-15(2,3)4)8-17-9-11(13(19)21-5)6-7-12(17)18/h6-7,9-10H,8H2,1-5H3,(H,16,20)/t10-/m0/s1. The molecule has 1 amide bonds. The number of nitrogens with one attached hydrogen (secondary N) is 1. The fourth-order valence-corrected chi connectivity index (χ4v) is 1.76. The number of hydrogen-bond donors (Lipinski definition) is 1. The third-order valence-corrected chi connectivity index (χ3v) is 2.64. The monoisotopic (exact) mass is 310 g/mol. The topological polar surface area (TPSA) is 86.6 Å². The van der Waals surface area contributed by atoms with Crippen LogP contribution in [0.15, 0.2) is 23.1 Å². The average Bonchev–Trinajstić information content (AvgIpc) is 2.37. The molecule has 1 N–H and O–H groups in total. The van der Waals surface area contributed by atoms with E-state index in [2.05, 4.69) is 10.1 Å². The Balaban J connectivity index is 2.75. The van der Waals surface area contributed by atoms with E-state index in [-0.39, 0.29) is 23.7 Å². The Bertz CT molecular complexity index is 601. The van der Waals surface area contributed by atoms with Crippen LogP contribution in [-0.4, -0.2) is 35.4 Å². The van der Waals surface area contributed by atoms with Crippen LogP contribution in [0.25, 0.3) is 0 Å². The second-order valence-corrected chi connectivity index (χ2v) is 5.95. The summed E-state index contributed by atoms with van der Waals surface area (Å²) >= 11 is 0. The van der Waals surface area contributed by atoms with E-state index < -0.39 is 17.7 Å². The van der Waals surface area contributed by atoms with E-state index in [1.54, 1.807) is 27.7 Å². The van der Waals surface area contributed by atoms with Gasteiger partial charge < -0.3 is 19.4 Å². The van der Waals surface area contributed by atoms with Crippen LogP contribution in [0.1, 0.15) is 38.1 Å². The van der Waals surface area contributed by atoms with Crippen LogP contribution in [0.5, 0.6) is 0 Å². The van der Waals surface area contributed by atoms with Gasteiger partial charge in [-0.1, -0.05) is 0 Å². The number of ether oxygens (including phenoxy) is 2. The highest BCUT2D eigenvalue weighted by molar-refractivity contribution is 5.88. The molecule has 7 heteroatoms. The zero-order chi connectivity index (χ0) is 16.9. The molecule has 1 aromatic rings. The van der Waals surface area contributed by atoms with Crippen LogP contribution in [-0.2, 0) is 16.0 Å². The molecule has 7 nitrogen and oxygen atoms in total. The third-order valence-electron chi connectivity index (χ3n) is 2.64. The first kappa shape index (κ1) is 17.7. The van der Waals surface area contributed by atoms with Crippen LogP contribution < -0.4 is 10.9 Å². The van der Waals surface area contributed by atoms with E-state index >= 15 is 0 Å². The number of esters is 1. The number of nitrogens with zero attached hydrogens (tertiary/aromatic N) is 1. The Kier molecular flexibility index (Phi) is 5.73. The van der Waals surface area contributed by atoms with Crippen LogP contribution in [0.4, 0.5) is 4.79 Å². The highest BCUT2D eigenvalue weighted by Gasteiger charge is 2.18. The first-order valence-electron chi connectivity index (χ1n) is 6.90. The van der Waals surface area contributed by atoms with Gasteiger partial charge in [-0.2, -0.15) is 0 Å². The van der Waals surface area contributed by atoms with Crippen molar-refractivity contribution in [2.75, 3.05) is 7.11 Å². The number of alkyl carbamates (subject to hydrolysis) is 1. The second-order valence-electron chi connectivity index (χ2n) is 5.95. The molecule has 0 aliphatic carbocycles. The quantitative estimate of drug-likeness (QED) is 0.853. The van der Waals surface area contributed by atoms with Crippen molar-refractivity contribution in [3.05, 3.63) is 34.2 Å².